The first-order chi connectivity index (χ1) is 16.7. The lowest BCUT2D eigenvalue weighted by atomic mass is 10.2. The molecule has 0 unspecified atom stereocenters. The van der Waals surface area contributed by atoms with Crippen LogP contribution in [-0.2, 0) is 26.1 Å². The normalized spacial score (nSPS) is 11.2. The number of alkyl halides is 2. The number of amides is 1. The first-order valence-electron chi connectivity index (χ1n) is 9.99. The summed E-state index contributed by atoms with van der Waals surface area (Å²) < 4.78 is 62.0. The number of hydrogen-bond acceptors (Lipinski definition) is 6. The minimum Gasteiger partial charge on any atom is -0.452 e. The van der Waals surface area contributed by atoms with Gasteiger partial charge in [0, 0.05) is 6.54 Å². The van der Waals surface area contributed by atoms with Crippen LogP contribution < -0.4 is 14.8 Å². The largest absolute Gasteiger partial charge is 0.452 e. The van der Waals surface area contributed by atoms with E-state index in [9.17, 15) is 26.8 Å². The second kappa shape index (κ2) is 11.7. The number of anilines is 1. The summed E-state index contributed by atoms with van der Waals surface area (Å²) in [6.45, 7) is -3.85. The summed E-state index contributed by atoms with van der Waals surface area (Å²) in [5.41, 5.74) is 0.510. The van der Waals surface area contributed by atoms with E-state index in [0.29, 0.717) is 5.56 Å². The molecule has 8 nitrogen and oxygen atoms in total. The molecule has 0 aliphatic heterocycles. The molecule has 2 N–H and O–H groups in total. The molecule has 0 radical (unpaired) electrons. The maximum Gasteiger partial charge on any atom is 0.387 e. The van der Waals surface area contributed by atoms with E-state index in [4.69, 9.17) is 16.3 Å². The molecule has 0 bridgehead atoms. The van der Waals surface area contributed by atoms with E-state index >= 15 is 0 Å². The SMILES string of the molecule is O=C(COC(=O)c1ccc(Cl)c(S(=O)(=O)NCc2ccccc2)c1)Nc1ccccc1OC(F)F. The summed E-state index contributed by atoms with van der Waals surface area (Å²) in [6.07, 6.45) is 0. The van der Waals surface area contributed by atoms with Crippen molar-refractivity contribution in [2.75, 3.05) is 11.9 Å². The van der Waals surface area contributed by atoms with E-state index in [-0.39, 0.29) is 33.5 Å². The van der Waals surface area contributed by atoms with Gasteiger partial charge in [-0.15, -0.1) is 0 Å². The van der Waals surface area contributed by atoms with E-state index in [1.54, 1.807) is 30.3 Å². The first kappa shape index (κ1) is 26.1. The fourth-order valence-corrected chi connectivity index (χ4v) is 4.40. The third kappa shape index (κ3) is 7.47. The van der Waals surface area contributed by atoms with Gasteiger partial charge in [0.1, 0.15) is 10.6 Å². The summed E-state index contributed by atoms with van der Waals surface area (Å²) in [5.74, 6) is -2.08. The van der Waals surface area contributed by atoms with Crippen molar-refractivity contribution < 1.29 is 36.3 Å². The molecule has 0 fully saturated rings. The average molecular weight is 525 g/mol. The third-order valence-electron chi connectivity index (χ3n) is 4.48. The van der Waals surface area contributed by atoms with Gasteiger partial charge in [0.05, 0.1) is 16.3 Å². The van der Waals surface area contributed by atoms with Gasteiger partial charge in [-0.3, -0.25) is 4.79 Å². The minimum atomic E-state index is -4.08. The Morgan fingerprint density at radius 1 is 0.971 bits per heavy atom. The number of carbonyl (C=O) groups excluding carboxylic acids is 2. The van der Waals surface area contributed by atoms with Crippen LogP contribution in [0.2, 0.25) is 5.02 Å². The Balaban J connectivity index is 1.64. The van der Waals surface area contributed by atoms with Crippen molar-refractivity contribution in [3.63, 3.8) is 0 Å². The highest BCUT2D eigenvalue weighted by Gasteiger charge is 2.21. The van der Waals surface area contributed by atoms with Crippen molar-refractivity contribution >= 4 is 39.2 Å². The Labute approximate surface area is 204 Å². The van der Waals surface area contributed by atoms with E-state index in [1.807, 2.05) is 0 Å². The molecule has 3 aromatic carbocycles. The summed E-state index contributed by atoms with van der Waals surface area (Å²) in [6, 6.07) is 17.8. The lowest BCUT2D eigenvalue weighted by molar-refractivity contribution is -0.119. The summed E-state index contributed by atoms with van der Waals surface area (Å²) in [5, 5.41) is 2.18. The zero-order valence-electron chi connectivity index (χ0n) is 17.9. The molecule has 0 aromatic heterocycles. The molecule has 184 valence electrons. The van der Waals surface area contributed by atoms with Crippen LogP contribution in [0.15, 0.2) is 77.7 Å². The van der Waals surface area contributed by atoms with Crippen molar-refractivity contribution in [3.8, 4) is 5.75 Å². The van der Waals surface area contributed by atoms with Crippen LogP contribution >= 0.6 is 11.6 Å². The lowest BCUT2D eigenvalue weighted by Crippen LogP contribution is -2.24. The summed E-state index contributed by atoms with van der Waals surface area (Å²) in [7, 11) is -4.08. The highest BCUT2D eigenvalue weighted by atomic mass is 35.5. The highest BCUT2D eigenvalue weighted by Crippen LogP contribution is 2.26. The van der Waals surface area contributed by atoms with Crippen LogP contribution in [0.4, 0.5) is 14.5 Å². The standard InChI is InChI=1S/C23H19ClF2N2O6S/c24-17-11-10-16(12-20(17)35(31,32)27-13-15-6-2-1-3-7-15)22(30)33-14-21(29)28-18-8-4-5-9-19(18)34-23(25)26/h1-12,23,27H,13-14H2,(H,28,29). The number of carbonyl (C=O) groups is 2. The lowest BCUT2D eigenvalue weighted by Gasteiger charge is -2.12. The molecular weight excluding hydrogens is 506 g/mol. The first-order valence-corrected chi connectivity index (χ1v) is 11.9. The van der Waals surface area contributed by atoms with Crippen LogP contribution in [0.5, 0.6) is 5.75 Å². The molecule has 12 heteroatoms. The Morgan fingerprint density at radius 3 is 2.37 bits per heavy atom. The fourth-order valence-electron chi connectivity index (χ4n) is 2.86. The van der Waals surface area contributed by atoms with Gasteiger partial charge in [0.25, 0.3) is 5.91 Å². The molecule has 0 aliphatic carbocycles. The molecule has 0 saturated heterocycles. The predicted molar refractivity (Wildman–Crippen MR) is 124 cm³/mol. The number of rotatable bonds is 10. The minimum absolute atomic E-state index is 0.00505. The van der Waals surface area contributed by atoms with E-state index in [2.05, 4.69) is 14.8 Å². The zero-order chi connectivity index (χ0) is 25.4. The molecule has 0 spiro atoms. The summed E-state index contributed by atoms with van der Waals surface area (Å²) >= 11 is 6.04. The second-order valence-electron chi connectivity index (χ2n) is 6.95. The molecule has 0 saturated carbocycles. The molecular formula is C23H19ClF2N2O6S. The van der Waals surface area contributed by atoms with Gasteiger partial charge in [-0.05, 0) is 35.9 Å². The number of halogens is 3. The summed E-state index contributed by atoms with van der Waals surface area (Å²) in [4.78, 5) is 24.2. The number of ether oxygens (including phenoxy) is 2. The molecule has 3 aromatic rings. The number of nitrogens with one attached hydrogen (secondary N) is 2. The molecule has 0 aliphatic rings. The predicted octanol–water partition coefficient (Wildman–Crippen LogP) is 4.22. The molecule has 0 heterocycles. The maximum atomic E-state index is 12.7. The van der Waals surface area contributed by atoms with Gasteiger partial charge in [-0.1, -0.05) is 54.1 Å². The molecule has 0 atom stereocenters. The average Bonchev–Trinajstić information content (AvgIpc) is 2.83. The van der Waals surface area contributed by atoms with Gasteiger partial charge >= 0.3 is 12.6 Å². The number of hydrogen-bond donors (Lipinski definition) is 2. The van der Waals surface area contributed by atoms with Gasteiger partial charge in [-0.2, -0.15) is 8.78 Å². The van der Waals surface area contributed by atoms with Gasteiger partial charge in [0.2, 0.25) is 10.0 Å². The van der Waals surface area contributed by atoms with Crippen LogP contribution in [0, 0.1) is 0 Å². The smallest absolute Gasteiger partial charge is 0.387 e. The van der Waals surface area contributed by atoms with Crippen LogP contribution in [-0.4, -0.2) is 33.5 Å². The van der Waals surface area contributed by atoms with Gasteiger partial charge in [0.15, 0.2) is 6.61 Å². The molecule has 35 heavy (non-hydrogen) atoms. The van der Waals surface area contributed by atoms with E-state index < -0.39 is 35.1 Å². The van der Waals surface area contributed by atoms with Crippen LogP contribution in [0.1, 0.15) is 15.9 Å². The van der Waals surface area contributed by atoms with Crippen LogP contribution in [0.25, 0.3) is 0 Å². The number of sulfonamides is 1. The van der Waals surface area contributed by atoms with E-state index in [0.717, 1.165) is 6.07 Å². The Bertz CT molecular complexity index is 1310. The van der Waals surface area contributed by atoms with Crippen LogP contribution in [0.3, 0.4) is 0 Å². The molecule has 1 amide bonds. The highest BCUT2D eigenvalue weighted by molar-refractivity contribution is 7.89. The Hall–Kier alpha value is -3.54. The maximum absolute atomic E-state index is 12.7. The van der Waals surface area contributed by atoms with Crippen molar-refractivity contribution in [1.82, 2.24) is 4.72 Å². The number of benzene rings is 3. The Kier molecular flexibility index (Phi) is 8.74. The van der Waals surface area contributed by atoms with Crippen molar-refractivity contribution in [3.05, 3.63) is 88.9 Å². The van der Waals surface area contributed by atoms with Gasteiger partial charge < -0.3 is 14.8 Å². The van der Waals surface area contributed by atoms with Crippen molar-refractivity contribution in [2.24, 2.45) is 0 Å². The van der Waals surface area contributed by atoms with Gasteiger partial charge in [-0.25, -0.2) is 17.9 Å². The molecule has 3 rings (SSSR count). The fraction of sp³-hybridized carbons (Fsp3) is 0.130. The zero-order valence-corrected chi connectivity index (χ0v) is 19.5. The number of para-hydroxylation sites is 2. The Morgan fingerprint density at radius 2 is 1.66 bits per heavy atom. The second-order valence-corrected chi connectivity index (χ2v) is 9.10. The van der Waals surface area contributed by atoms with E-state index in [1.165, 1.54) is 36.4 Å². The monoisotopic (exact) mass is 524 g/mol. The quantitative estimate of drug-likeness (QED) is 0.384. The van der Waals surface area contributed by atoms with Crippen molar-refractivity contribution in [1.29, 1.82) is 0 Å². The number of esters is 1. The topological polar surface area (TPSA) is 111 Å². The van der Waals surface area contributed by atoms with Crippen molar-refractivity contribution in [2.45, 2.75) is 18.1 Å². The third-order valence-corrected chi connectivity index (χ3v) is 6.36.